The van der Waals surface area contributed by atoms with E-state index in [1.54, 1.807) is 0 Å². The van der Waals surface area contributed by atoms with E-state index in [0.29, 0.717) is 38.6 Å². The number of amides is 1. The van der Waals surface area contributed by atoms with Gasteiger partial charge in [0.25, 0.3) is 0 Å². The van der Waals surface area contributed by atoms with E-state index in [1.165, 1.54) is 103 Å². The maximum atomic E-state index is 12.7. The van der Waals surface area contributed by atoms with Crippen molar-refractivity contribution in [1.29, 1.82) is 0 Å². The van der Waals surface area contributed by atoms with Crippen LogP contribution in [0.25, 0.3) is 0 Å². The molecule has 50 heavy (non-hydrogen) atoms. The molecule has 0 saturated carbocycles. The minimum absolute atomic E-state index is 0.0972. The van der Waals surface area contributed by atoms with Gasteiger partial charge in [-0.1, -0.05) is 134 Å². The van der Waals surface area contributed by atoms with Gasteiger partial charge in [-0.2, -0.15) is 0 Å². The summed E-state index contributed by atoms with van der Waals surface area (Å²) in [5, 5.41) is 11.9. The minimum atomic E-state index is -1.02. The monoisotopic (exact) mass is 703 g/mol. The Bertz CT molecular complexity index is 885. The fourth-order valence-electron chi connectivity index (χ4n) is 5.98. The van der Waals surface area contributed by atoms with Gasteiger partial charge in [-0.05, 0) is 96.1 Å². The van der Waals surface area contributed by atoms with Crippen molar-refractivity contribution in [2.24, 2.45) is 5.73 Å². The molecule has 0 aliphatic carbocycles. The minimum Gasteiger partial charge on any atom is -0.480 e. The fraction of sp³-hybridized carbons (Fsp3) is 0.791. The standard InChI is InChI=1S/C43H78N2O5/c1-3-5-7-9-11-12-13-14-15-16-17-18-19-20-21-23-25-31-37-42(47)50-39(33-28-24-22-10-8-6-4-2)34-29-26-27-30-36-41(46)45-40(43(48)49)35-32-38-44/h12-13,15-16,28,33,39-40H,3-11,14,17-27,29-32,34-38,44H2,1-2H3,(H,45,46)(H,48,49)/b13-12-,16-15-,33-28-. The zero-order valence-electron chi connectivity index (χ0n) is 32.5. The molecule has 2 atom stereocenters. The maximum absolute atomic E-state index is 12.7. The Morgan fingerprint density at radius 3 is 1.68 bits per heavy atom. The number of carbonyl (C=O) groups is 3. The fourth-order valence-corrected chi connectivity index (χ4v) is 5.98. The van der Waals surface area contributed by atoms with Gasteiger partial charge in [-0.3, -0.25) is 9.59 Å². The summed E-state index contributed by atoms with van der Waals surface area (Å²) in [6, 6.07) is -0.870. The molecule has 0 aromatic heterocycles. The van der Waals surface area contributed by atoms with Crippen LogP contribution in [0.2, 0.25) is 0 Å². The van der Waals surface area contributed by atoms with E-state index in [0.717, 1.165) is 51.4 Å². The van der Waals surface area contributed by atoms with Crippen molar-refractivity contribution in [3.63, 3.8) is 0 Å². The van der Waals surface area contributed by atoms with Crippen molar-refractivity contribution < 1.29 is 24.2 Å². The van der Waals surface area contributed by atoms with Gasteiger partial charge in [0.15, 0.2) is 0 Å². The Morgan fingerprint density at radius 1 is 0.600 bits per heavy atom. The molecule has 0 bridgehead atoms. The molecule has 2 unspecified atom stereocenters. The number of unbranched alkanes of at least 4 members (excludes halogenated alkanes) is 19. The quantitative estimate of drug-likeness (QED) is 0.0337. The van der Waals surface area contributed by atoms with Crippen LogP contribution in [0.15, 0.2) is 36.5 Å². The van der Waals surface area contributed by atoms with E-state index >= 15 is 0 Å². The summed E-state index contributed by atoms with van der Waals surface area (Å²) in [5.74, 6) is -1.34. The van der Waals surface area contributed by atoms with Crippen LogP contribution in [0.1, 0.15) is 200 Å². The van der Waals surface area contributed by atoms with Gasteiger partial charge < -0.3 is 20.9 Å². The third kappa shape index (κ3) is 34.1. The summed E-state index contributed by atoms with van der Waals surface area (Å²) in [5.41, 5.74) is 5.47. The summed E-state index contributed by atoms with van der Waals surface area (Å²) in [4.78, 5) is 36.2. The molecule has 0 saturated heterocycles. The molecule has 290 valence electrons. The molecule has 7 heteroatoms. The Morgan fingerprint density at radius 2 is 1.10 bits per heavy atom. The van der Waals surface area contributed by atoms with Gasteiger partial charge in [-0.25, -0.2) is 4.79 Å². The van der Waals surface area contributed by atoms with Crippen molar-refractivity contribution in [2.75, 3.05) is 6.54 Å². The molecule has 0 spiro atoms. The second-order valence-corrected chi connectivity index (χ2v) is 14.0. The second kappa shape index (κ2) is 37.8. The first kappa shape index (κ1) is 47.6. The molecule has 7 nitrogen and oxygen atoms in total. The number of rotatable bonds is 37. The average Bonchev–Trinajstić information content (AvgIpc) is 3.10. The molecular weight excluding hydrogens is 624 g/mol. The van der Waals surface area contributed by atoms with Crippen LogP contribution in [-0.4, -0.2) is 41.6 Å². The topological polar surface area (TPSA) is 119 Å². The number of esters is 1. The third-order valence-electron chi connectivity index (χ3n) is 9.16. The van der Waals surface area contributed by atoms with Crippen LogP contribution in [0, 0.1) is 0 Å². The van der Waals surface area contributed by atoms with Crippen molar-refractivity contribution >= 4 is 17.8 Å². The highest BCUT2D eigenvalue weighted by Crippen LogP contribution is 2.15. The van der Waals surface area contributed by atoms with Gasteiger partial charge in [0.05, 0.1) is 0 Å². The van der Waals surface area contributed by atoms with Crippen LogP contribution in [0.4, 0.5) is 0 Å². The largest absolute Gasteiger partial charge is 0.480 e. The number of nitrogens with one attached hydrogen (secondary N) is 1. The number of aliphatic carboxylic acids is 1. The van der Waals surface area contributed by atoms with Crippen LogP contribution < -0.4 is 11.1 Å². The molecule has 0 fully saturated rings. The third-order valence-corrected chi connectivity index (χ3v) is 9.16. The lowest BCUT2D eigenvalue weighted by molar-refractivity contribution is -0.147. The van der Waals surface area contributed by atoms with Gasteiger partial charge in [0.2, 0.25) is 5.91 Å². The normalized spacial score (nSPS) is 13.0. The van der Waals surface area contributed by atoms with Crippen LogP contribution >= 0.6 is 0 Å². The number of carbonyl (C=O) groups excluding carboxylic acids is 2. The summed E-state index contributed by atoms with van der Waals surface area (Å²) in [6.45, 7) is 4.89. The predicted octanol–water partition coefficient (Wildman–Crippen LogP) is 11.4. The number of hydrogen-bond acceptors (Lipinski definition) is 5. The molecule has 0 aliphatic heterocycles. The second-order valence-electron chi connectivity index (χ2n) is 14.0. The first-order valence-electron chi connectivity index (χ1n) is 20.8. The van der Waals surface area contributed by atoms with Gasteiger partial charge in [0, 0.05) is 12.8 Å². The zero-order valence-corrected chi connectivity index (χ0v) is 32.5. The summed E-state index contributed by atoms with van der Waals surface area (Å²) >= 11 is 0. The average molecular weight is 703 g/mol. The van der Waals surface area contributed by atoms with Crippen LogP contribution in [0.3, 0.4) is 0 Å². The molecule has 0 rings (SSSR count). The number of carboxylic acids is 1. The molecule has 4 N–H and O–H groups in total. The summed E-state index contributed by atoms with van der Waals surface area (Å²) in [7, 11) is 0. The summed E-state index contributed by atoms with van der Waals surface area (Å²) < 4.78 is 5.91. The molecular formula is C43H78N2O5. The van der Waals surface area contributed by atoms with E-state index in [4.69, 9.17) is 10.5 Å². The van der Waals surface area contributed by atoms with Crippen LogP contribution in [-0.2, 0) is 19.1 Å². The Hall–Kier alpha value is -2.41. The molecule has 0 radical (unpaired) electrons. The lowest BCUT2D eigenvalue weighted by atomic mass is 10.1. The van der Waals surface area contributed by atoms with Crippen LogP contribution in [0.5, 0.6) is 0 Å². The maximum Gasteiger partial charge on any atom is 0.326 e. The van der Waals surface area contributed by atoms with Gasteiger partial charge in [-0.15, -0.1) is 0 Å². The van der Waals surface area contributed by atoms with E-state index in [2.05, 4.69) is 55.6 Å². The lowest BCUT2D eigenvalue weighted by Gasteiger charge is -2.15. The van der Waals surface area contributed by atoms with E-state index in [1.807, 2.05) is 0 Å². The first-order chi connectivity index (χ1) is 24.4. The highest BCUT2D eigenvalue weighted by atomic mass is 16.5. The summed E-state index contributed by atoms with van der Waals surface area (Å²) in [6.07, 6.45) is 43.5. The number of allylic oxidation sites excluding steroid dienone is 5. The van der Waals surface area contributed by atoms with E-state index in [9.17, 15) is 19.5 Å². The number of hydrogen-bond donors (Lipinski definition) is 3. The molecule has 1 amide bonds. The molecule has 0 heterocycles. The van der Waals surface area contributed by atoms with Crippen molar-refractivity contribution in [3.8, 4) is 0 Å². The number of carboxylic acid groups (broad SMARTS) is 1. The SMILES string of the molecule is CCCCCC/C=C\C/C=C\CCCCCCCCCC(=O)OC(/C=C\CCCCCCC)CCCCCCC(=O)NC(CCCN)C(=O)O. The Kier molecular flexibility index (Phi) is 36.0. The van der Waals surface area contributed by atoms with Crippen molar-refractivity contribution in [2.45, 2.75) is 212 Å². The zero-order chi connectivity index (χ0) is 36.8. The van der Waals surface area contributed by atoms with Gasteiger partial charge >= 0.3 is 11.9 Å². The molecule has 0 aromatic carbocycles. The van der Waals surface area contributed by atoms with Crippen molar-refractivity contribution in [1.82, 2.24) is 5.32 Å². The van der Waals surface area contributed by atoms with Gasteiger partial charge in [0.1, 0.15) is 12.1 Å². The molecule has 0 aliphatic rings. The first-order valence-corrected chi connectivity index (χ1v) is 20.8. The lowest BCUT2D eigenvalue weighted by Crippen LogP contribution is -2.40. The van der Waals surface area contributed by atoms with E-state index < -0.39 is 12.0 Å². The predicted molar refractivity (Wildman–Crippen MR) is 211 cm³/mol. The van der Waals surface area contributed by atoms with E-state index in [-0.39, 0.29) is 18.0 Å². The Labute approximate surface area is 307 Å². The number of nitrogens with two attached hydrogens (primary N) is 1. The highest BCUT2D eigenvalue weighted by Gasteiger charge is 2.19. The number of ether oxygens (including phenoxy) is 1. The Balaban J connectivity index is 4.21. The smallest absolute Gasteiger partial charge is 0.326 e. The molecule has 0 aromatic rings. The van der Waals surface area contributed by atoms with Crippen molar-refractivity contribution in [3.05, 3.63) is 36.5 Å². The highest BCUT2D eigenvalue weighted by molar-refractivity contribution is 5.83.